The van der Waals surface area contributed by atoms with Gasteiger partial charge in [-0.15, -0.1) is 10.2 Å². The molecule has 3 aromatic rings. The third-order valence-electron chi connectivity index (χ3n) is 7.17. The minimum absolute atomic E-state index is 0.504. The summed E-state index contributed by atoms with van der Waals surface area (Å²) in [6.07, 6.45) is -0.417. The minimum Gasteiger partial charge on any atom is -0.367 e. The molecule has 6 nitrogen and oxygen atoms in total. The lowest BCUT2D eigenvalue weighted by atomic mass is 10.1. The van der Waals surface area contributed by atoms with Gasteiger partial charge in [0.2, 0.25) is 0 Å². The molecule has 2 aliphatic heterocycles. The number of rotatable bonds is 7. The summed E-state index contributed by atoms with van der Waals surface area (Å²) in [6.45, 7) is 7.70. The average Bonchev–Trinajstić information content (AvgIpc) is 2.90. The Morgan fingerprint density at radius 2 is 1.53 bits per heavy atom. The molecule has 0 bridgehead atoms. The number of nitrogens with zero attached hydrogens (tertiary/aromatic N) is 5. The predicted molar refractivity (Wildman–Crippen MR) is 137 cm³/mol. The quantitative estimate of drug-likeness (QED) is 0.502. The average molecular weight is 499 g/mol. The third-order valence-corrected chi connectivity index (χ3v) is 7.17. The van der Waals surface area contributed by atoms with Crippen LogP contribution in [0.3, 0.4) is 0 Å². The molecule has 3 heterocycles. The fourth-order valence-corrected chi connectivity index (χ4v) is 5.19. The van der Waals surface area contributed by atoms with E-state index in [1.54, 1.807) is 6.07 Å². The van der Waals surface area contributed by atoms with Gasteiger partial charge in [0.15, 0.2) is 11.6 Å². The Bertz CT molecular complexity index is 1150. The van der Waals surface area contributed by atoms with Crippen LogP contribution in [0.15, 0.2) is 48.5 Å². The second-order valence-electron chi connectivity index (χ2n) is 9.71. The molecule has 9 heteroatoms. The van der Waals surface area contributed by atoms with E-state index in [1.807, 2.05) is 12.1 Å². The fraction of sp³-hybridized carbons (Fsp3) is 0.481. The lowest BCUT2D eigenvalue weighted by molar-refractivity contribution is -0.137. The number of piperazine rings is 1. The van der Waals surface area contributed by atoms with Crippen LogP contribution in [0.1, 0.15) is 30.4 Å². The maximum atomic E-state index is 13.1. The van der Waals surface area contributed by atoms with Gasteiger partial charge in [-0.25, -0.2) is 0 Å². The summed E-state index contributed by atoms with van der Waals surface area (Å²) < 4.78 is 39.2. The van der Waals surface area contributed by atoms with E-state index in [4.69, 9.17) is 0 Å². The Morgan fingerprint density at radius 3 is 2.28 bits per heavy atom. The molecule has 192 valence electrons. The number of halogens is 3. The first-order chi connectivity index (χ1) is 17.5. The summed E-state index contributed by atoms with van der Waals surface area (Å²) in [6, 6.07) is 13.8. The number of nitrogens with one attached hydrogen (secondary N) is 1. The molecule has 0 unspecified atom stereocenters. The molecule has 36 heavy (non-hydrogen) atoms. The normalized spacial score (nSPS) is 18.0. The number of hydrogen-bond donors (Lipinski definition) is 1. The Morgan fingerprint density at radius 1 is 0.778 bits per heavy atom. The molecule has 0 atom stereocenters. The van der Waals surface area contributed by atoms with Crippen LogP contribution in [-0.4, -0.2) is 72.4 Å². The van der Waals surface area contributed by atoms with Crippen molar-refractivity contribution in [3.8, 4) is 0 Å². The highest BCUT2D eigenvalue weighted by molar-refractivity contribution is 5.98. The van der Waals surface area contributed by atoms with Crippen molar-refractivity contribution >= 4 is 22.4 Å². The molecular weight excluding hydrogens is 465 g/mol. The van der Waals surface area contributed by atoms with Crippen molar-refractivity contribution in [1.82, 2.24) is 20.0 Å². The first-order valence-corrected chi connectivity index (χ1v) is 12.8. The molecule has 0 radical (unpaired) electrons. The molecule has 0 aliphatic carbocycles. The molecule has 2 aliphatic rings. The summed E-state index contributed by atoms with van der Waals surface area (Å²) >= 11 is 0. The number of piperidine rings is 1. The van der Waals surface area contributed by atoms with Gasteiger partial charge in [-0.05, 0) is 37.6 Å². The highest BCUT2D eigenvalue weighted by Crippen LogP contribution is 2.31. The lowest BCUT2D eigenvalue weighted by Gasteiger charge is -2.35. The fourth-order valence-electron chi connectivity index (χ4n) is 5.19. The summed E-state index contributed by atoms with van der Waals surface area (Å²) in [7, 11) is 0. The van der Waals surface area contributed by atoms with Crippen molar-refractivity contribution in [3.63, 3.8) is 0 Å². The maximum Gasteiger partial charge on any atom is 0.416 e. The van der Waals surface area contributed by atoms with Crippen LogP contribution >= 0.6 is 0 Å². The van der Waals surface area contributed by atoms with E-state index in [1.165, 1.54) is 44.5 Å². The number of benzene rings is 2. The molecule has 2 aromatic carbocycles. The van der Waals surface area contributed by atoms with Gasteiger partial charge in [-0.2, -0.15) is 13.2 Å². The molecule has 0 spiro atoms. The zero-order valence-corrected chi connectivity index (χ0v) is 20.5. The first kappa shape index (κ1) is 24.8. The number of alkyl halides is 3. The minimum atomic E-state index is -4.32. The van der Waals surface area contributed by atoms with Crippen molar-refractivity contribution in [2.45, 2.75) is 32.0 Å². The summed E-state index contributed by atoms with van der Waals surface area (Å²) in [5.74, 6) is 1.68. The summed E-state index contributed by atoms with van der Waals surface area (Å²) in [5, 5.41) is 14.8. The number of fused-ring (bicyclic) bond motifs is 1. The monoisotopic (exact) mass is 498 g/mol. The van der Waals surface area contributed by atoms with Gasteiger partial charge in [0, 0.05) is 56.6 Å². The first-order valence-electron chi connectivity index (χ1n) is 12.8. The topological polar surface area (TPSA) is 47.5 Å². The van der Waals surface area contributed by atoms with Crippen molar-refractivity contribution < 1.29 is 13.2 Å². The van der Waals surface area contributed by atoms with Gasteiger partial charge in [-0.3, -0.25) is 4.90 Å². The molecule has 2 saturated heterocycles. The zero-order valence-electron chi connectivity index (χ0n) is 20.5. The van der Waals surface area contributed by atoms with Crippen molar-refractivity contribution in [2.75, 3.05) is 62.6 Å². The van der Waals surface area contributed by atoms with E-state index in [9.17, 15) is 13.2 Å². The van der Waals surface area contributed by atoms with Crippen molar-refractivity contribution in [3.05, 3.63) is 59.7 Å². The highest BCUT2D eigenvalue weighted by atomic mass is 19.4. The molecule has 1 N–H and O–H groups in total. The molecule has 0 saturated carbocycles. The SMILES string of the molecule is FC(F)(F)c1cccc(CN2CCN(c3nnc(NCCN4CCCCC4)c4ccccc34)CC2)c1. The number of likely N-dealkylation sites (tertiary alicyclic amines) is 1. The summed E-state index contributed by atoms with van der Waals surface area (Å²) in [4.78, 5) is 6.92. The van der Waals surface area contributed by atoms with Crippen LogP contribution in [-0.2, 0) is 12.7 Å². The van der Waals surface area contributed by atoms with E-state index in [0.29, 0.717) is 12.1 Å². The van der Waals surface area contributed by atoms with E-state index >= 15 is 0 Å². The molecule has 0 amide bonds. The second-order valence-corrected chi connectivity index (χ2v) is 9.71. The van der Waals surface area contributed by atoms with Crippen LogP contribution in [0, 0.1) is 0 Å². The molecule has 2 fully saturated rings. The molecule has 5 rings (SSSR count). The second kappa shape index (κ2) is 11.0. The van der Waals surface area contributed by atoms with Gasteiger partial charge < -0.3 is 15.1 Å². The molecule has 1 aromatic heterocycles. The molecular formula is C27H33F3N6. The van der Waals surface area contributed by atoms with Crippen LogP contribution < -0.4 is 10.2 Å². The highest BCUT2D eigenvalue weighted by Gasteiger charge is 2.30. The van der Waals surface area contributed by atoms with E-state index in [-0.39, 0.29) is 0 Å². The Balaban J connectivity index is 1.22. The lowest BCUT2D eigenvalue weighted by Crippen LogP contribution is -2.46. The van der Waals surface area contributed by atoms with E-state index < -0.39 is 11.7 Å². The number of anilines is 2. The standard InChI is InChI=1S/C27H33F3N6/c28-27(29,30)22-8-6-7-21(19-22)20-35-15-17-36(18-16-35)26-24-10-3-2-9-23(24)25(32-33-26)31-11-14-34-12-4-1-5-13-34/h2-3,6-10,19H,1,4-5,11-18,20H2,(H,31,32). The van der Waals surface area contributed by atoms with Gasteiger partial charge >= 0.3 is 6.18 Å². The smallest absolute Gasteiger partial charge is 0.367 e. The number of aromatic nitrogens is 2. The van der Waals surface area contributed by atoms with Crippen LogP contribution in [0.2, 0.25) is 0 Å². The third kappa shape index (κ3) is 5.90. The Labute approximate surface area is 210 Å². The number of hydrogen-bond acceptors (Lipinski definition) is 6. The van der Waals surface area contributed by atoms with E-state index in [2.05, 4.69) is 42.3 Å². The van der Waals surface area contributed by atoms with Crippen molar-refractivity contribution in [2.24, 2.45) is 0 Å². The zero-order chi connectivity index (χ0) is 25.0. The van der Waals surface area contributed by atoms with E-state index in [0.717, 1.165) is 67.7 Å². The summed E-state index contributed by atoms with van der Waals surface area (Å²) in [5.41, 5.74) is 0.0912. The Kier molecular flexibility index (Phi) is 7.57. The van der Waals surface area contributed by atoms with Crippen LogP contribution in [0.25, 0.3) is 10.8 Å². The maximum absolute atomic E-state index is 13.1. The van der Waals surface area contributed by atoms with Gasteiger partial charge in [0.1, 0.15) is 0 Å². The van der Waals surface area contributed by atoms with Gasteiger partial charge in [0.05, 0.1) is 5.56 Å². The van der Waals surface area contributed by atoms with Gasteiger partial charge in [0.25, 0.3) is 0 Å². The van der Waals surface area contributed by atoms with Crippen LogP contribution in [0.4, 0.5) is 24.8 Å². The van der Waals surface area contributed by atoms with Crippen LogP contribution in [0.5, 0.6) is 0 Å². The largest absolute Gasteiger partial charge is 0.416 e. The van der Waals surface area contributed by atoms with Gasteiger partial charge in [-0.1, -0.05) is 48.9 Å². The predicted octanol–water partition coefficient (Wildman–Crippen LogP) is 4.87. The van der Waals surface area contributed by atoms with Crippen molar-refractivity contribution in [1.29, 1.82) is 0 Å². The Hall–Kier alpha value is -2.91.